The highest BCUT2D eigenvalue weighted by Gasteiger charge is 2.38. The van der Waals surface area contributed by atoms with Crippen LogP contribution in [0.25, 0.3) is 0 Å². The standard InChI is InChI=1S/C32H55N3O4/c1-10-12-14-15-16-17-22-35(30(37)27(23(3)4)34-31(38)39-32(7,8)9)28(29(36)33-21-13-11-2)26-24(5)19-18-20-25(26)6/h18-20,23,27-28H,10-17,21-22H2,1-9H3,(H,33,36)(H,34,38). The summed E-state index contributed by atoms with van der Waals surface area (Å²) in [6.07, 6.45) is 7.59. The average molecular weight is 546 g/mol. The van der Waals surface area contributed by atoms with Crippen LogP contribution in [-0.4, -0.2) is 47.5 Å². The second-order valence-electron chi connectivity index (χ2n) is 12.0. The van der Waals surface area contributed by atoms with E-state index in [1.165, 1.54) is 12.8 Å². The highest BCUT2D eigenvalue weighted by Crippen LogP contribution is 2.30. The normalized spacial score (nSPS) is 13.1. The van der Waals surface area contributed by atoms with Crippen molar-refractivity contribution < 1.29 is 19.1 Å². The number of hydrogen-bond acceptors (Lipinski definition) is 4. The first-order chi connectivity index (χ1) is 18.3. The average Bonchev–Trinajstić information content (AvgIpc) is 2.83. The minimum absolute atomic E-state index is 0.181. The number of carbonyl (C=O) groups is 3. The smallest absolute Gasteiger partial charge is 0.408 e. The quantitative estimate of drug-likeness (QED) is 0.219. The number of rotatable bonds is 16. The van der Waals surface area contributed by atoms with Gasteiger partial charge in [0.15, 0.2) is 0 Å². The van der Waals surface area contributed by atoms with Crippen molar-refractivity contribution >= 4 is 17.9 Å². The van der Waals surface area contributed by atoms with E-state index in [1.807, 2.05) is 45.9 Å². The third kappa shape index (κ3) is 12.0. The SMILES string of the molecule is CCCCCCCCN(C(=O)C(NC(=O)OC(C)(C)C)C(C)C)C(C(=O)NCCCC)c1c(C)cccc1C. The van der Waals surface area contributed by atoms with Gasteiger partial charge < -0.3 is 20.3 Å². The first-order valence-corrected chi connectivity index (χ1v) is 15.0. The molecule has 39 heavy (non-hydrogen) atoms. The predicted molar refractivity (Wildman–Crippen MR) is 160 cm³/mol. The van der Waals surface area contributed by atoms with Crippen LogP contribution in [0.15, 0.2) is 18.2 Å². The third-order valence-corrected chi connectivity index (χ3v) is 6.85. The molecule has 2 unspecified atom stereocenters. The van der Waals surface area contributed by atoms with Crippen LogP contribution in [0.5, 0.6) is 0 Å². The summed E-state index contributed by atoms with van der Waals surface area (Å²) < 4.78 is 5.48. The lowest BCUT2D eigenvalue weighted by atomic mass is 9.92. The molecule has 222 valence electrons. The molecule has 0 heterocycles. The lowest BCUT2D eigenvalue weighted by Gasteiger charge is -2.36. The maximum atomic E-state index is 14.3. The van der Waals surface area contributed by atoms with Crippen molar-refractivity contribution in [2.75, 3.05) is 13.1 Å². The molecule has 0 radical (unpaired) electrons. The Bertz CT molecular complexity index is 887. The molecule has 2 N–H and O–H groups in total. The van der Waals surface area contributed by atoms with E-state index in [0.717, 1.165) is 55.2 Å². The maximum Gasteiger partial charge on any atom is 0.408 e. The Morgan fingerprint density at radius 1 is 0.897 bits per heavy atom. The van der Waals surface area contributed by atoms with Crippen molar-refractivity contribution in [1.29, 1.82) is 0 Å². The van der Waals surface area contributed by atoms with Crippen LogP contribution in [0.1, 0.15) is 123 Å². The van der Waals surface area contributed by atoms with Crippen LogP contribution in [0.2, 0.25) is 0 Å². The van der Waals surface area contributed by atoms with E-state index in [9.17, 15) is 14.4 Å². The molecule has 1 aromatic rings. The fourth-order valence-electron chi connectivity index (χ4n) is 4.73. The summed E-state index contributed by atoms with van der Waals surface area (Å²) in [5.41, 5.74) is 2.10. The van der Waals surface area contributed by atoms with Crippen LogP contribution >= 0.6 is 0 Å². The molecule has 7 nitrogen and oxygen atoms in total. The first-order valence-electron chi connectivity index (χ1n) is 15.0. The molecule has 2 atom stereocenters. The largest absolute Gasteiger partial charge is 0.444 e. The van der Waals surface area contributed by atoms with Gasteiger partial charge in [-0.3, -0.25) is 9.59 Å². The molecule has 7 heteroatoms. The molecule has 3 amide bonds. The van der Waals surface area contributed by atoms with Crippen molar-refractivity contribution in [2.45, 2.75) is 131 Å². The molecule has 0 fully saturated rings. The van der Waals surface area contributed by atoms with Gasteiger partial charge in [-0.1, -0.05) is 84.4 Å². The van der Waals surface area contributed by atoms with Gasteiger partial charge in [0.25, 0.3) is 0 Å². The van der Waals surface area contributed by atoms with Gasteiger partial charge in [-0.2, -0.15) is 0 Å². The van der Waals surface area contributed by atoms with Gasteiger partial charge in [-0.15, -0.1) is 0 Å². The van der Waals surface area contributed by atoms with Crippen LogP contribution in [-0.2, 0) is 14.3 Å². The van der Waals surface area contributed by atoms with Crippen molar-refractivity contribution in [3.05, 3.63) is 34.9 Å². The number of carbonyl (C=O) groups excluding carboxylic acids is 3. The molecule has 1 rings (SSSR count). The van der Waals surface area contributed by atoms with Gasteiger partial charge in [0.2, 0.25) is 11.8 Å². The van der Waals surface area contributed by atoms with Crippen molar-refractivity contribution in [1.82, 2.24) is 15.5 Å². The van der Waals surface area contributed by atoms with Gasteiger partial charge in [-0.05, 0) is 70.1 Å². The minimum Gasteiger partial charge on any atom is -0.444 e. The van der Waals surface area contributed by atoms with Crippen molar-refractivity contribution in [3.8, 4) is 0 Å². The first kappa shape index (κ1) is 34.5. The molecule has 0 aliphatic rings. The zero-order valence-corrected chi connectivity index (χ0v) is 26.1. The van der Waals surface area contributed by atoms with E-state index >= 15 is 0 Å². The predicted octanol–water partition coefficient (Wildman–Crippen LogP) is 7.00. The Kier molecular flexibility index (Phi) is 15.2. The Labute approximate surface area is 237 Å². The summed E-state index contributed by atoms with van der Waals surface area (Å²) >= 11 is 0. The third-order valence-electron chi connectivity index (χ3n) is 6.85. The van der Waals surface area contributed by atoms with E-state index in [2.05, 4.69) is 24.5 Å². The van der Waals surface area contributed by atoms with E-state index in [1.54, 1.807) is 25.7 Å². The molecule has 0 saturated carbocycles. The summed E-state index contributed by atoms with van der Waals surface area (Å²) in [6.45, 7) is 18.4. The zero-order chi connectivity index (χ0) is 29.6. The molecule has 1 aromatic carbocycles. The minimum atomic E-state index is -0.824. The summed E-state index contributed by atoms with van der Waals surface area (Å²) in [5, 5.41) is 5.90. The molecule has 0 spiro atoms. The fraction of sp³-hybridized carbons (Fsp3) is 0.719. The number of amides is 3. The van der Waals surface area contributed by atoms with Crippen molar-refractivity contribution in [2.24, 2.45) is 5.92 Å². The number of aryl methyl sites for hydroxylation is 2. The second-order valence-corrected chi connectivity index (χ2v) is 12.0. The molecular formula is C32H55N3O4. The second kappa shape index (κ2) is 17.2. The highest BCUT2D eigenvalue weighted by atomic mass is 16.6. The number of benzene rings is 1. The van der Waals surface area contributed by atoms with Crippen LogP contribution in [0.4, 0.5) is 4.79 Å². The lowest BCUT2D eigenvalue weighted by Crippen LogP contribution is -2.55. The van der Waals surface area contributed by atoms with E-state index in [0.29, 0.717) is 13.1 Å². The summed E-state index contributed by atoms with van der Waals surface area (Å²) in [6, 6.07) is 4.34. The van der Waals surface area contributed by atoms with E-state index in [-0.39, 0.29) is 17.7 Å². The summed E-state index contributed by atoms with van der Waals surface area (Å²) in [7, 11) is 0. The molecule has 0 aromatic heterocycles. The molecule has 0 bridgehead atoms. The maximum absolute atomic E-state index is 14.3. The Morgan fingerprint density at radius 2 is 1.46 bits per heavy atom. The molecular weight excluding hydrogens is 490 g/mol. The summed E-state index contributed by atoms with van der Waals surface area (Å²) in [4.78, 5) is 42.6. The van der Waals surface area contributed by atoms with Crippen LogP contribution in [0, 0.1) is 19.8 Å². The lowest BCUT2D eigenvalue weighted by molar-refractivity contribution is -0.143. The van der Waals surface area contributed by atoms with Gasteiger partial charge >= 0.3 is 6.09 Å². The molecule has 0 saturated heterocycles. The monoisotopic (exact) mass is 545 g/mol. The fourth-order valence-corrected chi connectivity index (χ4v) is 4.73. The highest BCUT2D eigenvalue weighted by molar-refractivity contribution is 5.92. The molecule has 0 aliphatic heterocycles. The number of alkyl carbamates (subject to hydrolysis) is 1. The number of nitrogens with one attached hydrogen (secondary N) is 2. The van der Waals surface area contributed by atoms with Crippen molar-refractivity contribution in [3.63, 3.8) is 0 Å². The molecule has 0 aliphatic carbocycles. The van der Waals surface area contributed by atoms with E-state index < -0.39 is 23.8 Å². The van der Waals surface area contributed by atoms with Gasteiger partial charge in [-0.25, -0.2) is 4.79 Å². The van der Waals surface area contributed by atoms with Gasteiger partial charge in [0.05, 0.1) is 0 Å². The number of ether oxygens (including phenoxy) is 1. The van der Waals surface area contributed by atoms with Crippen LogP contribution < -0.4 is 10.6 Å². The van der Waals surface area contributed by atoms with Gasteiger partial charge in [0, 0.05) is 13.1 Å². The Balaban J connectivity index is 3.48. The zero-order valence-electron chi connectivity index (χ0n) is 26.1. The number of unbranched alkanes of at least 4 members (excludes halogenated alkanes) is 6. The van der Waals surface area contributed by atoms with E-state index in [4.69, 9.17) is 4.74 Å². The van der Waals surface area contributed by atoms with Crippen LogP contribution in [0.3, 0.4) is 0 Å². The number of nitrogens with zero attached hydrogens (tertiary/aromatic N) is 1. The van der Waals surface area contributed by atoms with Gasteiger partial charge in [0.1, 0.15) is 17.7 Å². The summed E-state index contributed by atoms with van der Waals surface area (Å²) in [5.74, 6) is -0.637. The Morgan fingerprint density at radius 3 is 2.00 bits per heavy atom. The topological polar surface area (TPSA) is 87.7 Å². The number of hydrogen-bond donors (Lipinski definition) is 2. The Hall–Kier alpha value is -2.57.